The lowest BCUT2D eigenvalue weighted by Crippen LogP contribution is -2.22. The summed E-state index contributed by atoms with van der Waals surface area (Å²) in [5, 5.41) is 4.06. The first kappa shape index (κ1) is 20.4. The standard InChI is InChI=1S/C23H21N3O2S2/c1-14-9-10-19(15(2)11-14)24-20(27)13-29-23-25-21-18(12-16(3)30-21)22(28)26(23)17-7-5-4-6-8-17/h4-12H,13H2,1-3H3,(H,24,27). The Bertz CT molecular complexity index is 1290. The molecule has 30 heavy (non-hydrogen) atoms. The first-order chi connectivity index (χ1) is 14.4. The number of rotatable bonds is 5. The van der Waals surface area contributed by atoms with Crippen molar-refractivity contribution >= 4 is 44.9 Å². The lowest BCUT2D eigenvalue weighted by atomic mass is 10.1. The molecular formula is C23H21N3O2S2. The van der Waals surface area contributed by atoms with Gasteiger partial charge >= 0.3 is 0 Å². The first-order valence-electron chi connectivity index (χ1n) is 9.51. The minimum absolute atomic E-state index is 0.118. The number of carbonyl (C=O) groups is 1. The van der Waals surface area contributed by atoms with E-state index in [1.807, 2.05) is 75.4 Å². The summed E-state index contributed by atoms with van der Waals surface area (Å²) in [7, 11) is 0. The molecule has 0 aliphatic rings. The molecule has 0 saturated carbocycles. The van der Waals surface area contributed by atoms with Gasteiger partial charge in [0.15, 0.2) is 5.16 Å². The summed E-state index contributed by atoms with van der Waals surface area (Å²) in [4.78, 5) is 32.2. The number of fused-ring (bicyclic) bond motifs is 1. The number of aryl methyl sites for hydroxylation is 3. The van der Waals surface area contributed by atoms with E-state index in [2.05, 4.69) is 5.32 Å². The number of aromatic nitrogens is 2. The minimum Gasteiger partial charge on any atom is -0.325 e. The minimum atomic E-state index is -0.136. The van der Waals surface area contributed by atoms with Crippen LogP contribution in [0.5, 0.6) is 0 Å². The van der Waals surface area contributed by atoms with Gasteiger partial charge in [-0.15, -0.1) is 11.3 Å². The van der Waals surface area contributed by atoms with Crippen molar-refractivity contribution in [1.82, 2.24) is 9.55 Å². The number of anilines is 1. The quantitative estimate of drug-likeness (QED) is 0.350. The fraction of sp³-hybridized carbons (Fsp3) is 0.174. The molecule has 152 valence electrons. The van der Waals surface area contributed by atoms with Crippen molar-refractivity contribution in [3.8, 4) is 5.69 Å². The van der Waals surface area contributed by atoms with Crippen molar-refractivity contribution in [1.29, 1.82) is 0 Å². The molecule has 0 unspecified atom stereocenters. The average Bonchev–Trinajstić information content (AvgIpc) is 3.10. The molecule has 0 bridgehead atoms. The predicted molar refractivity (Wildman–Crippen MR) is 125 cm³/mol. The number of nitrogens with zero attached hydrogens (tertiary/aromatic N) is 2. The summed E-state index contributed by atoms with van der Waals surface area (Å²) in [6.45, 7) is 5.95. The van der Waals surface area contributed by atoms with Crippen LogP contribution in [0.25, 0.3) is 15.9 Å². The highest BCUT2D eigenvalue weighted by Gasteiger charge is 2.16. The van der Waals surface area contributed by atoms with Gasteiger partial charge in [0.05, 0.1) is 16.8 Å². The number of nitrogens with one attached hydrogen (secondary N) is 1. The van der Waals surface area contributed by atoms with Crippen LogP contribution in [-0.2, 0) is 4.79 Å². The van der Waals surface area contributed by atoms with Crippen LogP contribution in [0.15, 0.2) is 64.5 Å². The van der Waals surface area contributed by atoms with Gasteiger partial charge in [0.2, 0.25) is 5.91 Å². The maximum atomic E-state index is 13.2. The van der Waals surface area contributed by atoms with Crippen molar-refractivity contribution in [2.24, 2.45) is 0 Å². The van der Waals surface area contributed by atoms with Crippen LogP contribution in [0.4, 0.5) is 5.69 Å². The number of hydrogen-bond donors (Lipinski definition) is 1. The highest BCUT2D eigenvalue weighted by molar-refractivity contribution is 7.99. The number of amides is 1. The Balaban J connectivity index is 1.64. The van der Waals surface area contributed by atoms with Gasteiger partial charge in [0.25, 0.3) is 5.56 Å². The molecule has 0 aliphatic heterocycles. The van der Waals surface area contributed by atoms with Gasteiger partial charge in [0, 0.05) is 10.6 Å². The normalized spacial score (nSPS) is 11.0. The third-order valence-electron chi connectivity index (χ3n) is 4.66. The Hall–Kier alpha value is -2.90. The highest BCUT2D eigenvalue weighted by Crippen LogP contribution is 2.26. The molecule has 1 N–H and O–H groups in total. The number of benzene rings is 2. The molecule has 4 aromatic rings. The van der Waals surface area contributed by atoms with Gasteiger partial charge in [-0.25, -0.2) is 4.98 Å². The highest BCUT2D eigenvalue weighted by atomic mass is 32.2. The van der Waals surface area contributed by atoms with E-state index in [1.165, 1.54) is 23.1 Å². The van der Waals surface area contributed by atoms with Crippen LogP contribution in [-0.4, -0.2) is 21.2 Å². The van der Waals surface area contributed by atoms with E-state index in [0.717, 1.165) is 27.4 Å². The first-order valence-corrected chi connectivity index (χ1v) is 11.3. The molecular weight excluding hydrogens is 414 g/mol. The summed E-state index contributed by atoms with van der Waals surface area (Å²) < 4.78 is 1.59. The molecule has 4 rings (SSSR count). The van der Waals surface area contributed by atoms with Crippen LogP contribution in [0.2, 0.25) is 0 Å². The van der Waals surface area contributed by atoms with Gasteiger partial charge in [0.1, 0.15) is 4.83 Å². The maximum Gasteiger partial charge on any atom is 0.267 e. The zero-order valence-corrected chi connectivity index (χ0v) is 18.6. The van der Waals surface area contributed by atoms with Gasteiger partial charge < -0.3 is 5.32 Å². The monoisotopic (exact) mass is 435 g/mol. The molecule has 0 fully saturated rings. The lowest BCUT2D eigenvalue weighted by molar-refractivity contribution is -0.113. The Kier molecular flexibility index (Phi) is 5.74. The summed E-state index contributed by atoms with van der Waals surface area (Å²) >= 11 is 2.75. The number of para-hydroxylation sites is 1. The number of carbonyl (C=O) groups excluding carboxylic acids is 1. The summed E-state index contributed by atoms with van der Waals surface area (Å²) in [5.74, 6) is 0.0194. The predicted octanol–water partition coefficient (Wildman–Crippen LogP) is 5.10. The van der Waals surface area contributed by atoms with E-state index >= 15 is 0 Å². The molecule has 0 aliphatic carbocycles. The molecule has 7 heteroatoms. The lowest BCUT2D eigenvalue weighted by Gasteiger charge is -2.12. The fourth-order valence-electron chi connectivity index (χ4n) is 3.25. The van der Waals surface area contributed by atoms with Crippen LogP contribution < -0.4 is 10.9 Å². The van der Waals surface area contributed by atoms with Crippen LogP contribution in [0.3, 0.4) is 0 Å². The Morgan fingerprint density at radius 1 is 1.10 bits per heavy atom. The number of thioether (sulfide) groups is 1. The zero-order valence-electron chi connectivity index (χ0n) is 16.9. The van der Waals surface area contributed by atoms with E-state index in [4.69, 9.17) is 4.98 Å². The van der Waals surface area contributed by atoms with Gasteiger partial charge in [-0.1, -0.05) is 47.7 Å². The third-order valence-corrected chi connectivity index (χ3v) is 6.54. The smallest absolute Gasteiger partial charge is 0.267 e. The largest absolute Gasteiger partial charge is 0.325 e. The molecule has 5 nitrogen and oxygen atoms in total. The van der Waals surface area contributed by atoms with Crippen molar-refractivity contribution in [3.63, 3.8) is 0 Å². The van der Waals surface area contributed by atoms with E-state index < -0.39 is 0 Å². The van der Waals surface area contributed by atoms with Crippen LogP contribution >= 0.6 is 23.1 Å². The maximum absolute atomic E-state index is 13.2. The summed E-state index contributed by atoms with van der Waals surface area (Å²) in [6, 6.07) is 17.2. The second kappa shape index (κ2) is 8.45. The second-order valence-corrected chi connectivity index (χ2v) is 9.28. The van der Waals surface area contributed by atoms with Crippen molar-refractivity contribution in [3.05, 3.63) is 81.0 Å². The molecule has 1 amide bonds. The summed E-state index contributed by atoms with van der Waals surface area (Å²) in [6.07, 6.45) is 0. The molecule has 2 aromatic carbocycles. The van der Waals surface area contributed by atoms with E-state index in [9.17, 15) is 9.59 Å². The molecule has 2 heterocycles. The zero-order chi connectivity index (χ0) is 21.3. The molecule has 0 atom stereocenters. The van der Waals surface area contributed by atoms with Crippen molar-refractivity contribution in [2.45, 2.75) is 25.9 Å². The van der Waals surface area contributed by atoms with Crippen molar-refractivity contribution < 1.29 is 4.79 Å². The third kappa shape index (κ3) is 4.17. The van der Waals surface area contributed by atoms with E-state index in [-0.39, 0.29) is 17.2 Å². The van der Waals surface area contributed by atoms with Crippen LogP contribution in [0, 0.1) is 20.8 Å². The van der Waals surface area contributed by atoms with Gasteiger partial charge in [-0.3, -0.25) is 14.2 Å². The van der Waals surface area contributed by atoms with Gasteiger partial charge in [-0.2, -0.15) is 0 Å². The molecule has 0 radical (unpaired) electrons. The second-order valence-electron chi connectivity index (χ2n) is 7.10. The van der Waals surface area contributed by atoms with Crippen LogP contribution in [0.1, 0.15) is 16.0 Å². The van der Waals surface area contributed by atoms with Gasteiger partial charge in [-0.05, 0) is 50.6 Å². The molecule has 0 saturated heterocycles. The topological polar surface area (TPSA) is 64.0 Å². The average molecular weight is 436 g/mol. The number of hydrogen-bond acceptors (Lipinski definition) is 5. The van der Waals surface area contributed by atoms with E-state index in [1.54, 1.807) is 4.57 Å². The van der Waals surface area contributed by atoms with Crippen molar-refractivity contribution in [2.75, 3.05) is 11.1 Å². The SMILES string of the molecule is Cc1ccc(NC(=O)CSc2nc3sc(C)cc3c(=O)n2-c2ccccc2)c(C)c1. The Labute approximate surface area is 182 Å². The molecule has 2 aromatic heterocycles. The Morgan fingerprint density at radius 3 is 2.60 bits per heavy atom. The molecule has 0 spiro atoms. The summed E-state index contributed by atoms with van der Waals surface area (Å²) in [5.41, 5.74) is 3.58. The fourth-order valence-corrected chi connectivity index (χ4v) is 4.99. The number of thiophene rings is 1. The Morgan fingerprint density at radius 2 is 1.87 bits per heavy atom. The van der Waals surface area contributed by atoms with E-state index in [0.29, 0.717) is 15.4 Å².